The SMILES string of the molecule is C/C=C(\C(=NCC)C(=O)OC)c1cccc(OC)c1. The number of ether oxygens (including phenoxy) is 2. The van der Waals surface area contributed by atoms with Gasteiger partial charge in [0, 0.05) is 12.1 Å². The van der Waals surface area contributed by atoms with E-state index in [1.807, 2.05) is 44.2 Å². The lowest BCUT2D eigenvalue weighted by Crippen LogP contribution is -2.18. The Morgan fingerprint density at radius 3 is 2.63 bits per heavy atom. The summed E-state index contributed by atoms with van der Waals surface area (Å²) in [4.78, 5) is 16.0. The quantitative estimate of drug-likeness (QED) is 0.605. The van der Waals surface area contributed by atoms with E-state index >= 15 is 0 Å². The van der Waals surface area contributed by atoms with Crippen LogP contribution < -0.4 is 4.74 Å². The maximum absolute atomic E-state index is 11.8. The molecule has 0 aliphatic carbocycles. The molecule has 1 rings (SSSR count). The number of nitrogens with zero attached hydrogens (tertiary/aromatic N) is 1. The average molecular weight is 261 g/mol. The van der Waals surface area contributed by atoms with Gasteiger partial charge in [0.15, 0.2) is 5.71 Å². The highest BCUT2D eigenvalue weighted by Crippen LogP contribution is 2.22. The first-order valence-electron chi connectivity index (χ1n) is 6.11. The van der Waals surface area contributed by atoms with Crippen LogP contribution >= 0.6 is 0 Å². The molecule has 0 N–H and O–H groups in total. The van der Waals surface area contributed by atoms with Crippen LogP contribution in [0.5, 0.6) is 5.75 Å². The molecule has 19 heavy (non-hydrogen) atoms. The third-order valence-corrected chi connectivity index (χ3v) is 2.62. The Bertz CT molecular complexity index is 504. The second-order valence-corrected chi connectivity index (χ2v) is 3.75. The van der Waals surface area contributed by atoms with E-state index in [0.29, 0.717) is 12.3 Å². The van der Waals surface area contributed by atoms with E-state index in [0.717, 1.165) is 16.9 Å². The predicted octanol–water partition coefficient (Wildman–Crippen LogP) is 2.73. The molecule has 0 saturated carbocycles. The number of esters is 1. The first-order chi connectivity index (χ1) is 9.17. The molecule has 1 aromatic carbocycles. The predicted molar refractivity (Wildman–Crippen MR) is 76.6 cm³/mol. The van der Waals surface area contributed by atoms with E-state index in [4.69, 9.17) is 9.47 Å². The summed E-state index contributed by atoms with van der Waals surface area (Å²) in [5, 5.41) is 0. The van der Waals surface area contributed by atoms with Crippen LogP contribution in [0.3, 0.4) is 0 Å². The Labute approximate surface area is 113 Å². The molecule has 0 saturated heterocycles. The minimum atomic E-state index is -0.433. The molecule has 0 radical (unpaired) electrons. The highest BCUT2D eigenvalue weighted by atomic mass is 16.5. The van der Waals surface area contributed by atoms with Crippen LogP contribution in [0, 0.1) is 0 Å². The number of methoxy groups -OCH3 is 2. The standard InChI is InChI=1S/C15H19NO3/c1-5-13(14(16-6-2)15(17)19-4)11-8-7-9-12(10-11)18-3/h5,7-10H,6H2,1-4H3/b13-5-,16-14?. The van der Waals surface area contributed by atoms with Crippen LogP contribution in [-0.4, -0.2) is 32.4 Å². The van der Waals surface area contributed by atoms with Crippen LogP contribution in [0.2, 0.25) is 0 Å². The van der Waals surface area contributed by atoms with Gasteiger partial charge in [-0.15, -0.1) is 0 Å². The molecular weight excluding hydrogens is 242 g/mol. The van der Waals surface area contributed by atoms with E-state index in [9.17, 15) is 4.79 Å². The summed E-state index contributed by atoms with van der Waals surface area (Å²) in [6.45, 7) is 4.26. The Hall–Kier alpha value is -2.10. The number of hydrogen-bond acceptors (Lipinski definition) is 4. The molecule has 0 amide bonds. The molecule has 102 valence electrons. The number of carbonyl (C=O) groups is 1. The molecule has 0 atom stereocenters. The lowest BCUT2D eigenvalue weighted by atomic mass is 10.0. The van der Waals surface area contributed by atoms with Crippen LogP contribution in [0.15, 0.2) is 35.3 Å². The topological polar surface area (TPSA) is 47.9 Å². The van der Waals surface area contributed by atoms with Crippen LogP contribution in [0.1, 0.15) is 19.4 Å². The average Bonchev–Trinajstić information content (AvgIpc) is 2.46. The molecule has 4 nitrogen and oxygen atoms in total. The van der Waals surface area contributed by atoms with Gasteiger partial charge < -0.3 is 9.47 Å². The molecule has 0 spiro atoms. The monoisotopic (exact) mass is 261 g/mol. The van der Waals surface area contributed by atoms with Crippen molar-refractivity contribution in [3.05, 3.63) is 35.9 Å². The molecule has 0 aliphatic heterocycles. The fourth-order valence-electron chi connectivity index (χ4n) is 1.75. The van der Waals surface area contributed by atoms with E-state index in [2.05, 4.69) is 4.99 Å². The Kier molecular flexibility index (Phi) is 5.79. The summed E-state index contributed by atoms with van der Waals surface area (Å²) >= 11 is 0. The van der Waals surface area contributed by atoms with Gasteiger partial charge in [0.25, 0.3) is 0 Å². The molecule has 4 heteroatoms. The van der Waals surface area contributed by atoms with Crippen LogP contribution in [0.4, 0.5) is 0 Å². The fraction of sp³-hybridized carbons (Fsp3) is 0.333. The molecule has 0 aromatic heterocycles. The molecule has 0 aliphatic rings. The first-order valence-corrected chi connectivity index (χ1v) is 6.11. The molecule has 1 aromatic rings. The van der Waals surface area contributed by atoms with E-state index in [1.54, 1.807) is 7.11 Å². The number of aliphatic imine (C=N–C) groups is 1. The van der Waals surface area contributed by atoms with Crippen molar-refractivity contribution >= 4 is 17.3 Å². The second-order valence-electron chi connectivity index (χ2n) is 3.75. The second kappa shape index (κ2) is 7.36. The first kappa shape index (κ1) is 15.0. The van der Waals surface area contributed by atoms with Gasteiger partial charge in [0.1, 0.15) is 5.75 Å². The summed E-state index contributed by atoms with van der Waals surface area (Å²) in [6.07, 6.45) is 1.85. The van der Waals surface area contributed by atoms with Gasteiger partial charge in [-0.3, -0.25) is 4.99 Å². The van der Waals surface area contributed by atoms with E-state index in [-0.39, 0.29) is 0 Å². The van der Waals surface area contributed by atoms with Crippen molar-refractivity contribution in [2.75, 3.05) is 20.8 Å². The van der Waals surface area contributed by atoms with Crippen LogP contribution in [-0.2, 0) is 9.53 Å². The fourth-order valence-corrected chi connectivity index (χ4v) is 1.75. The number of allylic oxidation sites excluding steroid dienone is 1. The summed E-state index contributed by atoms with van der Waals surface area (Å²) in [5.41, 5.74) is 1.95. The molecule has 0 fully saturated rings. The molecule has 0 heterocycles. The number of hydrogen-bond donors (Lipinski definition) is 0. The normalized spacial score (nSPS) is 12.2. The van der Waals surface area contributed by atoms with E-state index in [1.165, 1.54) is 7.11 Å². The lowest BCUT2D eigenvalue weighted by molar-refractivity contribution is -0.132. The summed E-state index contributed by atoms with van der Waals surface area (Å²) in [5.74, 6) is 0.301. The third-order valence-electron chi connectivity index (χ3n) is 2.62. The smallest absolute Gasteiger partial charge is 0.356 e. The van der Waals surface area contributed by atoms with Gasteiger partial charge >= 0.3 is 5.97 Å². The largest absolute Gasteiger partial charge is 0.497 e. The number of carbonyl (C=O) groups excluding carboxylic acids is 1. The van der Waals surface area contributed by atoms with Crippen LogP contribution in [0.25, 0.3) is 5.57 Å². The summed E-state index contributed by atoms with van der Waals surface area (Å²) in [7, 11) is 2.96. The minimum Gasteiger partial charge on any atom is -0.497 e. The Morgan fingerprint density at radius 2 is 2.11 bits per heavy atom. The van der Waals surface area contributed by atoms with E-state index < -0.39 is 5.97 Å². The van der Waals surface area contributed by atoms with Gasteiger partial charge in [0.05, 0.1) is 14.2 Å². The van der Waals surface area contributed by atoms with Gasteiger partial charge in [-0.25, -0.2) is 4.79 Å². The van der Waals surface area contributed by atoms with Crippen molar-refractivity contribution in [2.24, 2.45) is 4.99 Å². The Balaban J connectivity index is 3.25. The number of rotatable bonds is 5. The maximum Gasteiger partial charge on any atom is 0.356 e. The highest BCUT2D eigenvalue weighted by Gasteiger charge is 2.18. The van der Waals surface area contributed by atoms with Gasteiger partial charge in [-0.2, -0.15) is 0 Å². The van der Waals surface area contributed by atoms with Crippen molar-refractivity contribution in [1.82, 2.24) is 0 Å². The third kappa shape index (κ3) is 3.68. The molecular formula is C15H19NO3. The summed E-state index contributed by atoms with van der Waals surface area (Å²) < 4.78 is 9.98. The van der Waals surface area contributed by atoms with Crippen molar-refractivity contribution in [3.63, 3.8) is 0 Å². The zero-order valence-corrected chi connectivity index (χ0v) is 11.8. The van der Waals surface area contributed by atoms with Crippen molar-refractivity contribution in [1.29, 1.82) is 0 Å². The maximum atomic E-state index is 11.8. The van der Waals surface area contributed by atoms with Gasteiger partial charge in [0.2, 0.25) is 0 Å². The lowest BCUT2D eigenvalue weighted by Gasteiger charge is -2.10. The zero-order chi connectivity index (χ0) is 14.3. The minimum absolute atomic E-state index is 0.334. The van der Waals surface area contributed by atoms with Gasteiger partial charge in [-0.1, -0.05) is 18.2 Å². The van der Waals surface area contributed by atoms with Gasteiger partial charge in [-0.05, 0) is 31.5 Å². The molecule has 0 unspecified atom stereocenters. The highest BCUT2D eigenvalue weighted by molar-refractivity contribution is 6.54. The van der Waals surface area contributed by atoms with Crippen molar-refractivity contribution in [2.45, 2.75) is 13.8 Å². The zero-order valence-electron chi connectivity index (χ0n) is 11.8. The molecule has 0 bridgehead atoms. The van der Waals surface area contributed by atoms with Crippen molar-refractivity contribution < 1.29 is 14.3 Å². The van der Waals surface area contributed by atoms with Crippen molar-refractivity contribution in [3.8, 4) is 5.75 Å². The summed E-state index contributed by atoms with van der Waals surface area (Å²) in [6, 6.07) is 7.50. The number of benzene rings is 1. The Morgan fingerprint density at radius 1 is 1.37 bits per heavy atom.